The molecule has 0 spiro atoms. The molecule has 3 aliphatic heterocycles. The maximum absolute atomic E-state index is 12.9. The van der Waals surface area contributed by atoms with E-state index in [1.165, 1.54) is 6.92 Å². The molecule has 0 bridgehead atoms. The summed E-state index contributed by atoms with van der Waals surface area (Å²) in [5.41, 5.74) is 0.564. The second-order valence-electron chi connectivity index (χ2n) is 9.37. The van der Waals surface area contributed by atoms with E-state index in [9.17, 15) is 14.4 Å². The average molecular weight is 418 g/mol. The summed E-state index contributed by atoms with van der Waals surface area (Å²) in [6.45, 7) is 12.6. The van der Waals surface area contributed by atoms with Crippen molar-refractivity contribution in [1.29, 1.82) is 0 Å². The molecule has 30 heavy (non-hydrogen) atoms. The van der Waals surface area contributed by atoms with Crippen molar-refractivity contribution in [2.45, 2.75) is 82.8 Å². The Morgan fingerprint density at radius 2 is 1.87 bits per heavy atom. The molecule has 0 aromatic rings. The summed E-state index contributed by atoms with van der Waals surface area (Å²) in [7, 11) is 0. The lowest BCUT2D eigenvalue weighted by atomic mass is 9.79. The number of esters is 3. The van der Waals surface area contributed by atoms with Gasteiger partial charge in [-0.1, -0.05) is 12.2 Å². The number of fused-ring (bicyclic) bond motifs is 5. The van der Waals surface area contributed by atoms with Gasteiger partial charge in [0.15, 0.2) is 17.8 Å². The Bertz CT molecular complexity index is 920. The fourth-order valence-electron chi connectivity index (χ4n) is 5.54. The topological polar surface area (TPSA) is 104 Å². The van der Waals surface area contributed by atoms with Crippen molar-refractivity contribution in [3.63, 3.8) is 0 Å². The zero-order chi connectivity index (χ0) is 21.7. The molecule has 3 heterocycles. The Kier molecular flexibility index (Phi) is 3.91. The molecule has 4 fully saturated rings. The number of carbonyl (C=O) groups is 3. The summed E-state index contributed by atoms with van der Waals surface area (Å²) in [6.07, 6.45) is -1.96. The summed E-state index contributed by atoms with van der Waals surface area (Å²) < 4.78 is 28.7. The van der Waals surface area contributed by atoms with Gasteiger partial charge in [0.05, 0.1) is 18.1 Å². The highest BCUT2D eigenvalue weighted by molar-refractivity contribution is 5.91. The predicted molar refractivity (Wildman–Crippen MR) is 101 cm³/mol. The van der Waals surface area contributed by atoms with Gasteiger partial charge in [-0.2, -0.15) is 0 Å². The monoisotopic (exact) mass is 418 g/mol. The lowest BCUT2D eigenvalue weighted by Crippen LogP contribution is -2.47. The average Bonchev–Trinajstić information content (AvgIpc) is 3.43. The Balaban J connectivity index is 1.60. The van der Waals surface area contributed by atoms with Crippen LogP contribution < -0.4 is 0 Å². The Hall–Kier alpha value is -2.19. The molecule has 0 N–H and O–H groups in total. The smallest absolute Gasteiger partial charge is 0.341 e. The molecule has 3 saturated heterocycles. The summed E-state index contributed by atoms with van der Waals surface area (Å²) >= 11 is 0. The third kappa shape index (κ3) is 2.49. The summed E-state index contributed by atoms with van der Waals surface area (Å²) in [6, 6.07) is 0. The lowest BCUT2D eigenvalue weighted by Gasteiger charge is -2.32. The first-order valence-electron chi connectivity index (χ1n) is 10.3. The summed E-state index contributed by atoms with van der Waals surface area (Å²) in [5.74, 6) is -2.44. The van der Waals surface area contributed by atoms with Gasteiger partial charge in [-0.25, -0.2) is 9.59 Å². The maximum Gasteiger partial charge on any atom is 0.341 e. The van der Waals surface area contributed by atoms with Crippen LogP contribution in [0.5, 0.6) is 0 Å². The normalized spacial score (nSPS) is 48.2. The van der Waals surface area contributed by atoms with Gasteiger partial charge < -0.3 is 23.7 Å². The van der Waals surface area contributed by atoms with Gasteiger partial charge in [-0.05, 0) is 39.7 Å². The fourth-order valence-corrected chi connectivity index (χ4v) is 5.54. The molecule has 0 radical (unpaired) electrons. The van der Waals surface area contributed by atoms with Crippen LogP contribution in [0.2, 0.25) is 0 Å². The van der Waals surface area contributed by atoms with E-state index in [1.807, 2.05) is 13.8 Å². The lowest BCUT2D eigenvalue weighted by molar-refractivity contribution is -0.173. The van der Waals surface area contributed by atoms with E-state index in [2.05, 4.69) is 6.58 Å². The standard InChI is InChI=1S/C22H26O8/c1-8-12-7-13-22(6,30-13)15(12)17-14(9(2)19(24)27-17)18(16(8)26-11(4)23)28-20(25)21(5)10(3)29-21/h10,13-18H,2,7H2,1,3-6H3/t10-,13-,14+,15+,16-,17+,18-,21+,22-/m1/s1. The van der Waals surface area contributed by atoms with Gasteiger partial charge in [0.25, 0.3) is 0 Å². The van der Waals surface area contributed by atoms with Crippen molar-refractivity contribution in [1.82, 2.24) is 0 Å². The van der Waals surface area contributed by atoms with E-state index in [4.69, 9.17) is 23.7 Å². The minimum atomic E-state index is -1.05. The highest BCUT2D eigenvalue weighted by Gasteiger charge is 2.71. The molecule has 8 heteroatoms. The quantitative estimate of drug-likeness (QED) is 0.224. The molecular weight excluding hydrogens is 392 g/mol. The largest absolute Gasteiger partial charge is 0.457 e. The molecule has 0 aromatic carbocycles. The molecule has 5 aliphatic rings. The molecule has 0 unspecified atom stereocenters. The minimum absolute atomic E-state index is 0.0392. The van der Waals surface area contributed by atoms with E-state index < -0.39 is 53.3 Å². The number of ether oxygens (including phenoxy) is 5. The molecule has 162 valence electrons. The molecule has 5 rings (SSSR count). The van der Waals surface area contributed by atoms with Gasteiger partial charge in [-0.3, -0.25) is 4.79 Å². The van der Waals surface area contributed by atoms with E-state index in [0.29, 0.717) is 6.42 Å². The van der Waals surface area contributed by atoms with Crippen LogP contribution in [0, 0.1) is 11.8 Å². The van der Waals surface area contributed by atoms with Crippen LogP contribution in [0.1, 0.15) is 41.0 Å². The van der Waals surface area contributed by atoms with Gasteiger partial charge in [0.2, 0.25) is 0 Å². The van der Waals surface area contributed by atoms with Gasteiger partial charge in [-0.15, -0.1) is 0 Å². The number of rotatable bonds is 3. The van der Waals surface area contributed by atoms with Gasteiger partial charge in [0.1, 0.15) is 11.7 Å². The van der Waals surface area contributed by atoms with Crippen molar-refractivity contribution in [3.05, 3.63) is 23.3 Å². The summed E-state index contributed by atoms with van der Waals surface area (Å²) in [5, 5.41) is 0. The van der Waals surface area contributed by atoms with Crippen molar-refractivity contribution >= 4 is 17.9 Å². The maximum atomic E-state index is 12.9. The van der Waals surface area contributed by atoms with Crippen LogP contribution in [0.4, 0.5) is 0 Å². The minimum Gasteiger partial charge on any atom is -0.457 e. The third-order valence-corrected chi connectivity index (χ3v) is 7.63. The van der Waals surface area contributed by atoms with Crippen molar-refractivity contribution < 1.29 is 38.1 Å². The third-order valence-electron chi connectivity index (χ3n) is 7.63. The van der Waals surface area contributed by atoms with Crippen LogP contribution in [0.15, 0.2) is 23.3 Å². The van der Waals surface area contributed by atoms with E-state index in [0.717, 1.165) is 11.1 Å². The first kappa shape index (κ1) is 19.8. The zero-order valence-corrected chi connectivity index (χ0v) is 17.7. The molecule has 1 saturated carbocycles. The fraction of sp³-hybridized carbons (Fsp3) is 0.682. The Morgan fingerprint density at radius 1 is 1.20 bits per heavy atom. The zero-order valence-electron chi connectivity index (χ0n) is 17.7. The van der Waals surface area contributed by atoms with E-state index in [-0.39, 0.29) is 23.7 Å². The Labute approximate surface area is 174 Å². The second-order valence-corrected chi connectivity index (χ2v) is 9.37. The van der Waals surface area contributed by atoms with Crippen LogP contribution >= 0.6 is 0 Å². The predicted octanol–water partition coefficient (Wildman–Crippen LogP) is 1.61. The number of hydrogen-bond acceptors (Lipinski definition) is 8. The Morgan fingerprint density at radius 3 is 2.47 bits per heavy atom. The highest BCUT2D eigenvalue weighted by atomic mass is 16.7. The molecule has 2 aliphatic carbocycles. The first-order valence-corrected chi connectivity index (χ1v) is 10.3. The SMILES string of the molecule is C=C1C(=O)O[C@H]2[C@H]1[C@@H](OC(=O)[C@@]1(C)O[C@@H]1C)[C@H](OC(C)=O)C(C)=C1C[C@H]3O[C@@]3(C)[C@@H]12. The van der Waals surface area contributed by atoms with Gasteiger partial charge in [0, 0.05) is 18.4 Å². The first-order chi connectivity index (χ1) is 14.0. The molecule has 8 nitrogen and oxygen atoms in total. The molecule has 9 atom stereocenters. The summed E-state index contributed by atoms with van der Waals surface area (Å²) in [4.78, 5) is 37.4. The van der Waals surface area contributed by atoms with Gasteiger partial charge >= 0.3 is 17.9 Å². The van der Waals surface area contributed by atoms with Crippen LogP contribution in [-0.4, -0.2) is 59.6 Å². The van der Waals surface area contributed by atoms with Crippen molar-refractivity contribution in [3.8, 4) is 0 Å². The number of hydrogen-bond donors (Lipinski definition) is 0. The molecule has 0 amide bonds. The van der Waals surface area contributed by atoms with Crippen LogP contribution in [0.3, 0.4) is 0 Å². The van der Waals surface area contributed by atoms with Crippen LogP contribution in [0.25, 0.3) is 0 Å². The molecule has 0 aromatic heterocycles. The number of carbonyl (C=O) groups excluding carboxylic acids is 3. The van der Waals surface area contributed by atoms with E-state index in [1.54, 1.807) is 13.8 Å². The van der Waals surface area contributed by atoms with Crippen molar-refractivity contribution in [2.75, 3.05) is 0 Å². The number of epoxide rings is 2. The van der Waals surface area contributed by atoms with Crippen LogP contribution in [-0.2, 0) is 38.1 Å². The highest BCUT2D eigenvalue weighted by Crippen LogP contribution is 2.62. The van der Waals surface area contributed by atoms with Crippen molar-refractivity contribution in [2.24, 2.45) is 11.8 Å². The molecular formula is C22H26O8. The second kappa shape index (κ2) is 5.95. The van der Waals surface area contributed by atoms with E-state index >= 15 is 0 Å².